The van der Waals surface area contributed by atoms with Crippen LogP contribution in [0.4, 0.5) is 5.82 Å². The Morgan fingerprint density at radius 3 is 2.36 bits per heavy atom. The SMILES string of the molecule is CCOCc1nc2c(N)nc3ccccc3c2n1C(C)(COP(=O)(N[C@@H](C)C(=O)OC(C)(C)C)Oc1ccc(Cl)cc1)C(C)C. The lowest BCUT2D eigenvalue weighted by molar-refractivity contribution is -0.156. The van der Waals surface area contributed by atoms with Gasteiger partial charge in [0.2, 0.25) is 0 Å². The van der Waals surface area contributed by atoms with Gasteiger partial charge in [0.05, 0.1) is 23.2 Å². The predicted octanol–water partition coefficient (Wildman–Crippen LogP) is 7.25. The number of imidazole rings is 1. The highest BCUT2D eigenvalue weighted by Gasteiger charge is 2.41. The second-order valence-corrected chi connectivity index (χ2v) is 14.6. The molecule has 3 atom stereocenters. The van der Waals surface area contributed by atoms with Crippen LogP contribution >= 0.6 is 19.3 Å². The molecule has 13 heteroatoms. The van der Waals surface area contributed by atoms with Crippen molar-refractivity contribution in [1.29, 1.82) is 0 Å². The molecule has 4 rings (SSSR count). The number of halogens is 1. The Labute approximate surface area is 269 Å². The van der Waals surface area contributed by atoms with E-state index in [1.54, 1.807) is 52.0 Å². The van der Waals surface area contributed by atoms with Crippen molar-refractivity contribution in [2.75, 3.05) is 18.9 Å². The van der Waals surface area contributed by atoms with E-state index in [9.17, 15) is 9.36 Å². The number of nitrogens with two attached hydrogens (primary N) is 1. The zero-order valence-corrected chi connectivity index (χ0v) is 28.7. The number of nitrogens with one attached hydrogen (secondary N) is 1. The first kappa shape index (κ1) is 34.7. The number of rotatable bonds is 13. The van der Waals surface area contributed by atoms with Gasteiger partial charge < -0.3 is 24.3 Å². The fraction of sp³-hybridized carbons (Fsp3) is 0.469. The van der Waals surface area contributed by atoms with E-state index < -0.39 is 30.9 Å². The van der Waals surface area contributed by atoms with Gasteiger partial charge in [-0.2, -0.15) is 5.09 Å². The van der Waals surface area contributed by atoms with E-state index in [-0.39, 0.29) is 30.7 Å². The number of ether oxygens (including phenoxy) is 2. The van der Waals surface area contributed by atoms with E-state index in [1.807, 2.05) is 56.5 Å². The van der Waals surface area contributed by atoms with Gasteiger partial charge in [-0.25, -0.2) is 14.5 Å². The first-order valence-corrected chi connectivity index (χ1v) is 16.8. The monoisotopic (exact) mass is 659 g/mol. The van der Waals surface area contributed by atoms with Gasteiger partial charge in [0, 0.05) is 17.0 Å². The first-order valence-electron chi connectivity index (χ1n) is 14.9. The summed E-state index contributed by atoms with van der Waals surface area (Å²) in [6.07, 6.45) is 0. The molecule has 0 amide bonds. The Balaban J connectivity index is 1.81. The van der Waals surface area contributed by atoms with Crippen LogP contribution < -0.4 is 15.3 Å². The Bertz CT molecular complexity index is 1700. The number of pyridine rings is 1. The second-order valence-electron chi connectivity index (χ2n) is 12.4. The molecule has 2 aromatic carbocycles. The van der Waals surface area contributed by atoms with Crippen molar-refractivity contribution in [2.45, 2.75) is 79.2 Å². The average Bonchev–Trinajstić information content (AvgIpc) is 3.36. The van der Waals surface area contributed by atoms with Gasteiger partial charge in [0.1, 0.15) is 35.3 Å². The van der Waals surface area contributed by atoms with E-state index in [0.29, 0.717) is 28.5 Å². The number of carbonyl (C=O) groups is 1. The van der Waals surface area contributed by atoms with Gasteiger partial charge in [0.15, 0.2) is 5.82 Å². The van der Waals surface area contributed by atoms with E-state index >= 15 is 0 Å². The fourth-order valence-corrected chi connectivity index (χ4v) is 6.51. The Kier molecular flexibility index (Phi) is 10.5. The summed E-state index contributed by atoms with van der Waals surface area (Å²) in [6.45, 7) is 15.4. The number of benzene rings is 2. The standard InChI is InChI=1S/C32H43ClN5O6P/c1-9-41-18-26-36-27-28(24-12-10-11-13-25(24)35-29(27)34)38(26)32(8,20(2)3)19-42-45(40,44-23-16-14-22(33)15-17-23)37-21(4)30(39)43-31(5,6)7/h10-17,20-21H,9,18-19H2,1-8H3,(H2,34,35)(H,37,40)/t21-,32?,45?/m0/s1. The summed E-state index contributed by atoms with van der Waals surface area (Å²) >= 11 is 6.07. The normalized spacial score (nSPS) is 15.6. The predicted molar refractivity (Wildman–Crippen MR) is 177 cm³/mol. The maximum Gasteiger partial charge on any atom is 0.459 e. The number of nitrogen functional groups attached to an aromatic ring is 1. The topological polar surface area (TPSA) is 140 Å². The Morgan fingerprint density at radius 1 is 1.07 bits per heavy atom. The molecule has 0 bridgehead atoms. The van der Waals surface area contributed by atoms with Crippen LogP contribution in [-0.2, 0) is 35.5 Å². The summed E-state index contributed by atoms with van der Waals surface area (Å²) in [5.74, 6) is 0.451. The van der Waals surface area contributed by atoms with Crippen LogP contribution in [0.3, 0.4) is 0 Å². The lowest BCUT2D eigenvalue weighted by Crippen LogP contribution is -2.43. The molecule has 244 valence electrons. The summed E-state index contributed by atoms with van der Waals surface area (Å²) < 4.78 is 40.1. The molecule has 11 nitrogen and oxygen atoms in total. The van der Waals surface area contributed by atoms with Crippen molar-refractivity contribution in [2.24, 2.45) is 5.92 Å². The maximum absolute atomic E-state index is 14.5. The summed E-state index contributed by atoms with van der Waals surface area (Å²) in [7, 11) is -4.22. The summed E-state index contributed by atoms with van der Waals surface area (Å²) in [5.41, 5.74) is 6.83. The first-order chi connectivity index (χ1) is 21.1. The van der Waals surface area contributed by atoms with Crippen molar-refractivity contribution in [3.8, 4) is 5.75 Å². The molecule has 0 spiro atoms. The number of hydrogen-bond acceptors (Lipinski definition) is 9. The van der Waals surface area contributed by atoms with Gasteiger partial charge in [-0.05, 0) is 77.8 Å². The highest BCUT2D eigenvalue weighted by molar-refractivity contribution is 7.52. The number of nitrogens with zero attached hydrogens (tertiary/aromatic N) is 3. The maximum atomic E-state index is 14.5. The van der Waals surface area contributed by atoms with E-state index in [1.165, 1.54) is 0 Å². The molecule has 3 N–H and O–H groups in total. The lowest BCUT2D eigenvalue weighted by Gasteiger charge is -2.38. The van der Waals surface area contributed by atoms with Crippen molar-refractivity contribution < 1.29 is 27.9 Å². The highest BCUT2D eigenvalue weighted by Crippen LogP contribution is 2.48. The summed E-state index contributed by atoms with van der Waals surface area (Å²) in [5, 5.41) is 4.11. The van der Waals surface area contributed by atoms with Crippen LogP contribution in [0, 0.1) is 5.92 Å². The number of fused-ring (bicyclic) bond motifs is 3. The van der Waals surface area contributed by atoms with Crippen LogP contribution in [0.25, 0.3) is 21.9 Å². The van der Waals surface area contributed by atoms with Crippen LogP contribution in [0.15, 0.2) is 48.5 Å². The smallest absolute Gasteiger partial charge is 0.459 e. The van der Waals surface area contributed by atoms with E-state index in [4.69, 9.17) is 40.8 Å². The number of para-hydroxylation sites is 1. The number of hydrogen-bond donors (Lipinski definition) is 2. The van der Waals surface area contributed by atoms with Crippen molar-refractivity contribution in [3.63, 3.8) is 0 Å². The third-order valence-corrected chi connectivity index (χ3v) is 9.33. The van der Waals surface area contributed by atoms with Gasteiger partial charge in [-0.1, -0.05) is 43.6 Å². The molecule has 2 unspecified atom stereocenters. The van der Waals surface area contributed by atoms with Crippen molar-refractivity contribution in [1.82, 2.24) is 19.6 Å². The number of carbonyl (C=O) groups excluding carboxylic acids is 1. The van der Waals surface area contributed by atoms with Gasteiger partial charge in [-0.3, -0.25) is 9.32 Å². The number of esters is 1. The summed E-state index contributed by atoms with van der Waals surface area (Å²) in [4.78, 5) is 22.4. The Hall–Kier alpha value is -3.21. The molecule has 0 radical (unpaired) electrons. The molecule has 4 aromatic rings. The molecule has 2 heterocycles. The minimum absolute atomic E-state index is 0.0873. The van der Waals surface area contributed by atoms with Crippen LogP contribution in [0.1, 0.15) is 61.2 Å². The molecule has 0 aliphatic carbocycles. The number of aromatic nitrogens is 3. The minimum atomic E-state index is -4.22. The second kappa shape index (κ2) is 13.6. The summed E-state index contributed by atoms with van der Waals surface area (Å²) in [6, 6.07) is 13.0. The zero-order valence-electron chi connectivity index (χ0n) is 27.1. The van der Waals surface area contributed by atoms with Crippen molar-refractivity contribution >= 4 is 53.1 Å². The molecular weight excluding hydrogens is 617 g/mol. The molecule has 0 saturated heterocycles. The van der Waals surface area contributed by atoms with Crippen LogP contribution in [-0.4, -0.2) is 45.4 Å². The third kappa shape index (κ3) is 7.96. The number of anilines is 1. The van der Waals surface area contributed by atoms with Gasteiger partial charge in [-0.15, -0.1) is 0 Å². The van der Waals surface area contributed by atoms with E-state index in [2.05, 4.69) is 10.1 Å². The zero-order chi connectivity index (χ0) is 33.2. The van der Waals surface area contributed by atoms with Gasteiger partial charge in [0.25, 0.3) is 0 Å². The fourth-order valence-electron chi connectivity index (χ4n) is 4.80. The van der Waals surface area contributed by atoms with Gasteiger partial charge >= 0.3 is 13.7 Å². The quantitative estimate of drug-likeness (QED) is 0.111. The average molecular weight is 660 g/mol. The third-order valence-electron chi connectivity index (χ3n) is 7.46. The molecule has 0 saturated carbocycles. The lowest BCUT2D eigenvalue weighted by atomic mass is 9.88. The largest absolute Gasteiger partial charge is 0.459 e. The minimum Gasteiger partial charge on any atom is -0.459 e. The van der Waals surface area contributed by atoms with Crippen LogP contribution in [0.2, 0.25) is 5.02 Å². The molecule has 45 heavy (non-hydrogen) atoms. The van der Waals surface area contributed by atoms with Crippen molar-refractivity contribution in [3.05, 3.63) is 59.4 Å². The molecule has 2 aromatic heterocycles. The molecule has 0 fully saturated rings. The molecule has 0 aliphatic rings. The highest BCUT2D eigenvalue weighted by atomic mass is 35.5. The Morgan fingerprint density at radius 2 is 1.73 bits per heavy atom. The van der Waals surface area contributed by atoms with E-state index in [0.717, 1.165) is 10.9 Å². The molecular formula is C32H43ClN5O6P. The molecule has 0 aliphatic heterocycles. The van der Waals surface area contributed by atoms with Crippen LogP contribution in [0.5, 0.6) is 5.75 Å².